The number of carbonyl (C=O) groups excluding carboxylic acids is 1. The van der Waals surface area contributed by atoms with Gasteiger partial charge in [0.25, 0.3) is 11.5 Å². The van der Waals surface area contributed by atoms with Crippen LogP contribution < -0.4 is 15.2 Å². The van der Waals surface area contributed by atoms with Crippen molar-refractivity contribution in [1.29, 1.82) is 5.26 Å². The van der Waals surface area contributed by atoms with Gasteiger partial charge in [-0.15, -0.1) is 0 Å². The molecule has 0 aliphatic heterocycles. The van der Waals surface area contributed by atoms with Crippen molar-refractivity contribution < 1.29 is 17.6 Å². The van der Waals surface area contributed by atoms with Crippen LogP contribution >= 0.6 is 0 Å². The lowest BCUT2D eigenvalue weighted by Gasteiger charge is -2.21. The fourth-order valence-corrected chi connectivity index (χ4v) is 6.29. The highest BCUT2D eigenvalue weighted by Gasteiger charge is 2.27. The van der Waals surface area contributed by atoms with Crippen LogP contribution in [0.1, 0.15) is 38.2 Å². The Morgan fingerprint density at radius 1 is 1.07 bits per heavy atom. The van der Waals surface area contributed by atoms with Crippen LogP contribution in [0.25, 0.3) is 45.1 Å². The van der Waals surface area contributed by atoms with Crippen LogP contribution in [-0.2, 0) is 23.5 Å². The van der Waals surface area contributed by atoms with Gasteiger partial charge < -0.3 is 14.3 Å². The number of pyridine rings is 1. The molecule has 1 aliphatic rings. The molecular weight excluding hydrogens is 588 g/mol. The van der Waals surface area contributed by atoms with Gasteiger partial charge in [0.1, 0.15) is 11.3 Å². The van der Waals surface area contributed by atoms with E-state index in [-0.39, 0.29) is 28.3 Å². The van der Waals surface area contributed by atoms with Crippen molar-refractivity contribution in [2.45, 2.75) is 13.3 Å². The maximum atomic E-state index is 13.8. The second-order valence-corrected chi connectivity index (χ2v) is 13.3. The lowest BCUT2D eigenvalue weighted by Crippen LogP contribution is -2.26. The normalized spacial score (nSPS) is 12.5. The number of carbonyl (C=O) groups is 1. The van der Waals surface area contributed by atoms with Crippen LogP contribution in [0, 0.1) is 18.3 Å². The number of benzene rings is 3. The smallest absolute Gasteiger partial charge is 0.258 e. The number of amides is 1. The molecule has 1 aliphatic carbocycles. The molecule has 9 nitrogen and oxygen atoms in total. The Morgan fingerprint density at radius 3 is 2.47 bits per heavy atom. The summed E-state index contributed by atoms with van der Waals surface area (Å²) in [4.78, 5) is 27.1. The van der Waals surface area contributed by atoms with Crippen LogP contribution in [-0.4, -0.2) is 39.2 Å². The van der Waals surface area contributed by atoms with Crippen molar-refractivity contribution >= 4 is 44.2 Å². The number of furan rings is 1. The molecule has 0 saturated heterocycles. The van der Waals surface area contributed by atoms with Gasteiger partial charge in [-0.05, 0) is 59.9 Å². The quantitative estimate of drug-likeness (QED) is 0.268. The summed E-state index contributed by atoms with van der Waals surface area (Å²) in [5, 5.41) is 12.7. The SMILES string of the molecule is CNC(=O)c1c(-c2ccc(C)cc2)oc2cc(N(C)S(C)(=O)=O)c(-c3cc(C4=Cc5c(C#N)cccc5C4)cn(C)c3=O)cc12. The number of rotatable bonds is 6. The lowest BCUT2D eigenvalue weighted by molar-refractivity contribution is 0.0964. The molecule has 0 saturated carbocycles. The number of nitrogens with one attached hydrogen (secondary N) is 1. The molecule has 0 atom stereocenters. The van der Waals surface area contributed by atoms with Crippen LogP contribution in [0.3, 0.4) is 0 Å². The molecule has 2 heterocycles. The van der Waals surface area contributed by atoms with Crippen molar-refractivity contribution in [3.05, 3.63) is 111 Å². The molecule has 0 unspecified atom stereocenters. The lowest BCUT2D eigenvalue weighted by atomic mass is 9.96. The summed E-state index contributed by atoms with van der Waals surface area (Å²) in [6.07, 6.45) is 5.34. The number of fused-ring (bicyclic) bond motifs is 2. The molecule has 0 fully saturated rings. The van der Waals surface area contributed by atoms with Crippen LogP contribution in [0.15, 0.2) is 76.1 Å². The maximum absolute atomic E-state index is 13.8. The van der Waals surface area contributed by atoms with E-state index in [1.165, 1.54) is 18.7 Å². The van der Waals surface area contributed by atoms with Gasteiger partial charge >= 0.3 is 0 Å². The average molecular weight is 619 g/mol. The molecule has 2 aromatic heterocycles. The Kier molecular flexibility index (Phi) is 7.22. The maximum Gasteiger partial charge on any atom is 0.258 e. The summed E-state index contributed by atoms with van der Waals surface area (Å²) in [7, 11) is 0.811. The third-order valence-electron chi connectivity index (χ3n) is 8.27. The van der Waals surface area contributed by atoms with E-state index in [4.69, 9.17) is 4.42 Å². The first-order valence-electron chi connectivity index (χ1n) is 14.2. The summed E-state index contributed by atoms with van der Waals surface area (Å²) in [5.74, 6) is -0.0541. The third-order valence-corrected chi connectivity index (χ3v) is 9.46. The van der Waals surface area contributed by atoms with Gasteiger partial charge in [0.2, 0.25) is 10.0 Å². The summed E-state index contributed by atoms with van der Waals surface area (Å²) in [6, 6.07) is 20.3. The Balaban J connectivity index is 1.63. The molecule has 1 amide bonds. The van der Waals surface area contributed by atoms with Gasteiger partial charge in [0, 0.05) is 55.5 Å². The van der Waals surface area contributed by atoms with Crippen LogP contribution in [0.5, 0.6) is 0 Å². The standard InChI is InChI=1S/C35H30N4O5S/c1-20-9-11-21(12-10-20)33-32(34(40)37-2)29-16-27(30(17-31(29)44-33)39(4)45(5,42)43)28-15-25(19-38(3)35(28)41)24-13-22-7-6-8-23(18-36)26(22)14-24/h6-12,14-17,19H,13H2,1-5H3,(H,37,40). The molecule has 3 aromatic carbocycles. The topological polar surface area (TPSA) is 125 Å². The second-order valence-electron chi connectivity index (χ2n) is 11.2. The fraction of sp³-hybridized carbons (Fsp3) is 0.171. The zero-order chi connectivity index (χ0) is 32.2. The highest BCUT2D eigenvalue weighted by atomic mass is 32.2. The zero-order valence-corrected chi connectivity index (χ0v) is 26.2. The largest absolute Gasteiger partial charge is 0.455 e. The first kappa shape index (κ1) is 29.7. The molecule has 45 heavy (non-hydrogen) atoms. The van der Waals surface area contributed by atoms with Gasteiger partial charge in [-0.25, -0.2) is 8.42 Å². The number of aryl methyl sites for hydroxylation is 2. The monoisotopic (exact) mass is 618 g/mol. The number of sulfonamides is 1. The highest BCUT2D eigenvalue weighted by molar-refractivity contribution is 7.92. The number of hydrogen-bond donors (Lipinski definition) is 1. The Hall–Kier alpha value is -5.40. The molecule has 10 heteroatoms. The van der Waals surface area contributed by atoms with Crippen molar-refractivity contribution in [2.24, 2.45) is 7.05 Å². The first-order chi connectivity index (χ1) is 21.4. The van der Waals surface area contributed by atoms with Gasteiger partial charge in [0.05, 0.1) is 29.1 Å². The Bertz CT molecular complexity index is 2290. The Labute approximate surface area is 260 Å². The van der Waals surface area contributed by atoms with Crippen molar-refractivity contribution in [1.82, 2.24) is 9.88 Å². The number of anilines is 1. The molecule has 1 N–H and O–H groups in total. The Morgan fingerprint density at radius 2 is 1.80 bits per heavy atom. The molecule has 6 rings (SSSR count). The van der Waals surface area contributed by atoms with Crippen molar-refractivity contribution in [3.63, 3.8) is 0 Å². The number of nitrogens with zero attached hydrogens (tertiary/aromatic N) is 3. The molecule has 5 aromatic rings. The van der Waals surface area contributed by atoms with Crippen LogP contribution in [0.4, 0.5) is 5.69 Å². The van der Waals surface area contributed by atoms with E-state index in [2.05, 4.69) is 11.4 Å². The number of nitriles is 1. The summed E-state index contributed by atoms with van der Waals surface area (Å²) >= 11 is 0. The number of hydrogen-bond acceptors (Lipinski definition) is 6. The number of aromatic nitrogens is 1. The molecule has 0 radical (unpaired) electrons. The summed E-state index contributed by atoms with van der Waals surface area (Å²) in [5.41, 5.74) is 6.84. The number of allylic oxidation sites excluding steroid dienone is 1. The highest BCUT2D eigenvalue weighted by Crippen LogP contribution is 2.41. The molecule has 0 bridgehead atoms. The van der Waals surface area contributed by atoms with Gasteiger partial charge in [0.15, 0.2) is 0 Å². The predicted octanol–water partition coefficient (Wildman–Crippen LogP) is 5.50. The van der Waals surface area contributed by atoms with E-state index in [1.807, 2.05) is 49.4 Å². The van der Waals surface area contributed by atoms with E-state index in [0.717, 1.165) is 38.4 Å². The van der Waals surface area contributed by atoms with Crippen LogP contribution in [0.2, 0.25) is 0 Å². The first-order valence-corrected chi connectivity index (χ1v) is 16.0. The minimum atomic E-state index is -3.77. The van der Waals surface area contributed by atoms with Gasteiger partial charge in [-0.3, -0.25) is 13.9 Å². The van der Waals surface area contributed by atoms with Gasteiger partial charge in [-0.2, -0.15) is 5.26 Å². The minimum Gasteiger partial charge on any atom is -0.455 e. The van der Waals surface area contributed by atoms with Crippen molar-refractivity contribution in [3.8, 4) is 28.5 Å². The summed E-state index contributed by atoms with van der Waals surface area (Å²) < 4.78 is 34.5. The van der Waals surface area contributed by atoms with E-state index < -0.39 is 10.0 Å². The van der Waals surface area contributed by atoms with Crippen molar-refractivity contribution in [2.75, 3.05) is 24.7 Å². The minimum absolute atomic E-state index is 0.224. The van der Waals surface area contributed by atoms with E-state index in [0.29, 0.717) is 39.8 Å². The van der Waals surface area contributed by atoms with E-state index >= 15 is 0 Å². The zero-order valence-electron chi connectivity index (χ0n) is 25.4. The third kappa shape index (κ3) is 5.11. The fourth-order valence-electron chi connectivity index (χ4n) is 5.78. The predicted molar refractivity (Wildman–Crippen MR) is 176 cm³/mol. The summed E-state index contributed by atoms with van der Waals surface area (Å²) in [6.45, 7) is 1.96. The van der Waals surface area contributed by atoms with E-state index in [1.54, 1.807) is 37.5 Å². The van der Waals surface area contributed by atoms with Gasteiger partial charge in [-0.1, -0.05) is 42.0 Å². The average Bonchev–Trinajstić information content (AvgIpc) is 3.62. The molecule has 226 valence electrons. The molecule has 0 spiro atoms. The second kappa shape index (κ2) is 10.9. The molecular formula is C35H30N4O5S. The van der Waals surface area contributed by atoms with E-state index in [9.17, 15) is 23.3 Å².